The largest absolute Gasteiger partial charge is 0.524 e. The predicted octanol–water partition coefficient (Wildman–Crippen LogP) is 4.66. The van der Waals surface area contributed by atoms with Crippen molar-refractivity contribution in [2.45, 2.75) is 68.3 Å². The van der Waals surface area contributed by atoms with Crippen LogP contribution in [0.25, 0.3) is 0 Å². The number of hydrogen-bond donors (Lipinski definition) is 1. The van der Waals surface area contributed by atoms with E-state index in [1.807, 2.05) is 34.0 Å². The molecule has 0 aromatic heterocycles. The Balaban J connectivity index is 0.000000774. The molecule has 0 unspecified atom stereocenters. The normalized spacial score (nSPS) is 13.7. The third-order valence-corrected chi connectivity index (χ3v) is 9.09. The fourth-order valence-corrected chi connectivity index (χ4v) is 5.24. The summed E-state index contributed by atoms with van der Waals surface area (Å²) in [6.45, 7) is 3.38. The Morgan fingerprint density at radius 1 is 0.596 bits per heavy atom. The highest BCUT2D eigenvalue weighted by Gasteiger charge is 2.57. The molecule has 25 heteroatoms. The number of esters is 2. The Bertz CT molecular complexity index is 1670. The van der Waals surface area contributed by atoms with Gasteiger partial charge in [-0.2, -0.15) is 64.8 Å². The third-order valence-electron chi connectivity index (χ3n) is 5.47. The number of aliphatic hydroxyl groups excluding tert-OH is 1. The van der Waals surface area contributed by atoms with Gasteiger partial charge in [-0.3, -0.25) is 0 Å². The number of halogens is 9. The van der Waals surface area contributed by atoms with Gasteiger partial charge in [-0.1, -0.05) is 60.7 Å². The molecule has 0 aliphatic rings. The molecule has 2 atom stereocenters. The van der Waals surface area contributed by atoms with E-state index in [2.05, 4.69) is 8.92 Å². The van der Waals surface area contributed by atoms with E-state index in [0.29, 0.717) is 19.4 Å². The van der Waals surface area contributed by atoms with Gasteiger partial charge in [0.1, 0.15) is 0 Å². The summed E-state index contributed by atoms with van der Waals surface area (Å²) in [6.07, 6.45) is -1.85. The maximum Gasteiger partial charge on any atom is 0.524 e. The van der Waals surface area contributed by atoms with E-state index in [-0.39, 0.29) is 19.4 Å². The van der Waals surface area contributed by atoms with Gasteiger partial charge in [-0.15, -0.1) is 3.63 Å². The van der Waals surface area contributed by atoms with Crippen LogP contribution in [-0.4, -0.2) is 84.2 Å². The first-order valence-corrected chi connectivity index (χ1v) is 18.3. The molecule has 0 saturated heterocycles. The SMILES string of the molecule is CCOC(=O)[C@@H](CCc1ccccc1)OS(=O)(=O)C(F)(F)F.CCOC(=O)[C@H](O)CCc1ccccc1.O=S(=O)(OS(=O)(=O)C(F)(F)F)C(F)(F)F. The second-order valence-corrected chi connectivity index (χ2v) is 14.3. The number of aryl methyl sites for hydroxylation is 2. The second-order valence-electron chi connectivity index (χ2n) is 9.42. The van der Waals surface area contributed by atoms with E-state index in [9.17, 15) is 79.5 Å². The van der Waals surface area contributed by atoms with Gasteiger partial charge in [0.05, 0.1) is 13.2 Å². The molecule has 2 rings (SSSR count). The zero-order valence-electron chi connectivity index (χ0n) is 26.6. The maximum atomic E-state index is 12.3. The first kappa shape index (κ1) is 48.5. The van der Waals surface area contributed by atoms with Crippen molar-refractivity contribution in [3.05, 3.63) is 71.8 Å². The number of benzene rings is 2. The lowest BCUT2D eigenvalue weighted by Gasteiger charge is -2.17. The van der Waals surface area contributed by atoms with Crippen LogP contribution >= 0.6 is 0 Å². The molecule has 2 aromatic carbocycles. The molecule has 0 amide bonds. The summed E-state index contributed by atoms with van der Waals surface area (Å²) < 4.78 is 182. The van der Waals surface area contributed by atoms with Gasteiger partial charge in [0.2, 0.25) is 0 Å². The predicted molar refractivity (Wildman–Crippen MR) is 160 cm³/mol. The van der Waals surface area contributed by atoms with Crippen LogP contribution in [0.4, 0.5) is 39.5 Å². The molecule has 2 aromatic rings. The lowest BCUT2D eigenvalue weighted by Crippen LogP contribution is -2.35. The Morgan fingerprint density at radius 3 is 1.29 bits per heavy atom. The summed E-state index contributed by atoms with van der Waals surface area (Å²) in [5.41, 5.74) is -16.3. The van der Waals surface area contributed by atoms with Crippen LogP contribution in [0.3, 0.4) is 0 Å². The lowest BCUT2D eigenvalue weighted by molar-refractivity contribution is -0.153. The molecule has 298 valence electrons. The van der Waals surface area contributed by atoms with Gasteiger partial charge in [0.15, 0.2) is 12.2 Å². The van der Waals surface area contributed by atoms with Crippen LogP contribution in [-0.2, 0) is 70.1 Å². The van der Waals surface area contributed by atoms with Gasteiger partial charge >= 0.3 is 58.8 Å². The smallest absolute Gasteiger partial charge is 0.464 e. The van der Waals surface area contributed by atoms with Crippen molar-refractivity contribution in [2.75, 3.05) is 13.2 Å². The summed E-state index contributed by atoms with van der Waals surface area (Å²) in [7, 11) is -19.6. The summed E-state index contributed by atoms with van der Waals surface area (Å²) >= 11 is 0. The van der Waals surface area contributed by atoms with Gasteiger partial charge in [0, 0.05) is 0 Å². The molecular formula is C27H31F9O13S3. The first-order chi connectivity index (χ1) is 23.6. The van der Waals surface area contributed by atoms with E-state index < -0.39 is 71.0 Å². The molecule has 52 heavy (non-hydrogen) atoms. The average Bonchev–Trinajstić information content (AvgIpc) is 3.01. The van der Waals surface area contributed by atoms with Crippen molar-refractivity contribution in [3.63, 3.8) is 0 Å². The van der Waals surface area contributed by atoms with Crippen LogP contribution in [0, 0.1) is 0 Å². The minimum atomic E-state index is -6.85. The Hall–Kier alpha value is -3.52. The Morgan fingerprint density at radius 2 is 0.942 bits per heavy atom. The zero-order chi connectivity index (χ0) is 40.6. The molecule has 0 heterocycles. The number of alkyl halides is 9. The van der Waals surface area contributed by atoms with Gasteiger partial charge in [-0.05, 0) is 50.7 Å². The van der Waals surface area contributed by atoms with Gasteiger partial charge < -0.3 is 14.6 Å². The van der Waals surface area contributed by atoms with E-state index in [4.69, 9.17) is 4.74 Å². The fraction of sp³-hybridized carbons (Fsp3) is 0.481. The van der Waals surface area contributed by atoms with Crippen LogP contribution in [0.5, 0.6) is 0 Å². The van der Waals surface area contributed by atoms with E-state index >= 15 is 0 Å². The summed E-state index contributed by atoms with van der Waals surface area (Å²) in [5, 5.41) is 9.44. The second kappa shape index (κ2) is 20.6. The highest BCUT2D eigenvalue weighted by atomic mass is 32.3. The molecule has 0 fully saturated rings. The molecule has 0 aliphatic carbocycles. The molecule has 0 saturated carbocycles. The lowest BCUT2D eigenvalue weighted by atomic mass is 10.1. The summed E-state index contributed by atoms with van der Waals surface area (Å²) in [4.78, 5) is 22.7. The number of ether oxygens (including phenoxy) is 2. The zero-order valence-corrected chi connectivity index (χ0v) is 29.1. The number of aliphatic hydroxyl groups is 1. The minimum Gasteiger partial charge on any atom is -0.464 e. The van der Waals surface area contributed by atoms with Gasteiger partial charge in [0.25, 0.3) is 0 Å². The van der Waals surface area contributed by atoms with Gasteiger partial charge in [-0.25, -0.2) is 13.8 Å². The summed E-state index contributed by atoms with van der Waals surface area (Å²) in [6, 6.07) is 18.3. The van der Waals surface area contributed by atoms with Crippen molar-refractivity contribution in [1.29, 1.82) is 0 Å². The highest BCUT2D eigenvalue weighted by Crippen LogP contribution is 2.32. The van der Waals surface area contributed by atoms with Crippen molar-refractivity contribution >= 4 is 42.3 Å². The number of hydrogen-bond acceptors (Lipinski definition) is 13. The van der Waals surface area contributed by atoms with Crippen molar-refractivity contribution in [1.82, 2.24) is 0 Å². The van der Waals surface area contributed by atoms with Crippen LogP contribution in [0.1, 0.15) is 37.8 Å². The van der Waals surface area contributed by atoms with Crippen LogP contribution < -0.4 is 0 Å². The average molecular weight is 831 g/mol. The Kier molecular flexibility index (Phi) is 19.3. The molecule has 0 aliphatic heterocycles. The van der Waals surface area contributed by atoms with E-state index in [1.54, 1.807) is 37.3 Å². The van der Waals surface area contributed by atoms with Crippen molar-refractivity contribution < 1.29 is 96.7 Å². The molecule has 0 radical (unpaired) electrons. The molecule has 1 N–H and O–H groups in total. The monoisotopic (exact) mass is 830 g/mol. The topological polar surface area (TPSA) is 194 Å². The summed E-state index contributed by atoms with van der Waals surface area (Å²) in [5.74, 6) is -1.68. The Labute approximate surface area is 292 Å². The van der Waals surface area contributed by atoms with Crippen LogP contribution in [0.2, 0.25) is 0 Å². The molecule has 0 spiro atoms. The molecule has 13 nitrogen and oxygen atoms in total. The van der Waals surface area contributed by atoms with E-state index in [1.165, 1.54) is 6.92 Å². The van der Waals surface area contributed by atoms with Crippen LogP contribution in [0.15, 0.2) is 60.7 Å². The first-order valence-electron chi connectivity index (χ1n) is 14.0. The standard InChI is InChI=1S/C13H15F3O5S.C12H16O3.C2F6O5S2/c1-2-20-12(17)11(21-22(18,19)13(14,15)16)9-8-10-6-4-3-5-7-10;1-2-15-12(14)11(13)9-8-10-6-4-3-5-7-10;3-1(4,5)14(9,10)13-15(11,12)2(6,7)8/h3-7,11H,2,8-9H2,1H3;3-7,11,13H,2,8-9H2,1H3;/t2*11-;/m11./s1. The number of carbonyl (C=O) groups is 2. The minimum absolute atomic E-state index is 0.101. The quantitative estimate of drug-likeness (QED) is 0.120. The number of carbonyl (C=O) groups excluding carboxylic acids is 2. The maximum absolute atomic E-state index is 12.3. The number of rotatable bonds is 14. The van der Waals surface area contributed by atoms with E-state index in [0.717, 1.165) is 11.1 Å². The highest BCUT2D eigenvalue weighted by molar-refractivity contribution is 8.00. The fourth-order valence-electron chi connectivity index (χ4n) is 3.09. The van der Waals surface area contributed by atoms with Crippen molar-refractivity contribution in [3.8, 4) is 0 Å². The third kappa shape index (κ3) is 17.3. The molecular weight excluding hydrogens is 799 g/mol. The van der Waals surface area contributed by atoms with Crippen molar-refractivity contribution in [2.24, 2.45) is 0 Å². The molecule has 0 bridgehead atoms.